The van der Waals surface area contributed by atoms with Crippen molar-refractivity contribution in [2.45, 2.75) is 45.1 Å². The van der Waals surface area contributed by atoms with Gasteiger partial charge in [-0.05, 0) is 49.9 Å². The molecule has 2 atom stereocenters. The van der Waals surface area contributed by atoms with Crippen LogP contribution in [0.2, 0.25) is 0 Å². The monoisotopic (exact) mass is 167 g/mol. The fraction of sp³-hybridized carbons (Fsp3) is 0.909. The van der Waals surface area contributed by atoms with Gasteiger partial charge in [0.05, 0.1) is 5.60 Å². The molecule has 0 aromatic carbocycles. The summed E-state index contributed by atoms with van der Waals surface area (Å²) in [6.45, 7) is 4.33. The Labute approximate surface area is 75.2 Å². The smallest absolute Gasteiger partial charge is 0.0726 e. The van der Waals surface area contributed by atoms with Gasteiger partial charge < -0.3 is 5.11 Å². The Balaban J connectivity index is 2.24. The highest BCUT2D eigenvalue weighted by atomic mass is 16.3. The molecule has 2 rings (SSSR count). The van der Waals surface area contributed by atoms with Crippen LogP contribution in [-0.4, -0.2) is 10.7 Å². The van der Waals surface area contributed by atoms with Crippen molar-refractivity contribution in [1.82, 2.24) is 0 Å². The molecule has 0 aromatic heterocycles. The fourth-order valence-corrected chi connectivity index (χ4v) is 3.25. The molecule has 0 amide bonds. The molecule has 2 saturated carbocycles. The Morgan fingerprint density at radius 1 is 1.25 bits per heavy atom. The van der Waals surface area contributed by atoms with Gasteiger partial charge in [-0.1, -0.05) is 13.8 Å². The summed E-state index contributed by atoms with van der Waals surface area (Å²) in [5.74, 6) is 1.57. The van der Waals surface area contributed by atoms with E-state index in [1.807, 2.05) is 0 Å². The molecule has 1 nitrogen and oxygen atoms in total. The second-order valence-electron chi connectivity index (χ2n) is 4.77. The van der Waals surface area contributed by atoms with Crippen molar-refractivity contribution in [3.05, 3.63) is 6.42 Å². The number of fused-ring (bicyclic) bond motifs is 2. The lowest BCUT2D eigenvalue weighted by Crippen LogP contribution is -2.47. The van der Waals surface area contributed by atoms with Crippen LogP contribution in [0.25, 0.3) is 0 Å². The van der Waals surface area contributed by atoms with E-state index in [1.54, 1.807) is 0 Å². The zero-order valence-electron chi connectivity index (χ0n) is 8.09. The molecule has 2 fully saturated rings. The van der Waals surface area contributed by atoms with E-state index in [-0.39, 0.29) is 5.60 Å². The van der Waals surface area contributed by atoms with Crippen molar-refractivity contribution in [2.75, 3.05) is 0 Å². The van der Waals surface area contributed by atoms with Crippen molar-refractivity contribution >= 4 is 0 Å². The highest BCUT2D eigenvalue weighted by molar-refractivity contribution is 5.06. The first kappa shape index (κ1) is 8.55. The van der Waals surface area contributed by atoms with Crippen LogP contribution >= 0.6 is 0 Å². The lowest BCUT2D eigenvalue weighted by atomic mass is 9.69. The molecule has 2 aliphatic rings. The third kappa shape index (κ3) is 0.953. The predicted molar refractivity (Wildman–Crippen MR) is 49.5 cm³/mol. The van der Waals surface area contributed by atoms with E-state index in [1.165, 1.54) is 12.8 Å². The lowest BCUT2D eigenvalue weighted by Gasteiger charge is -2.42. The van der Waals surface area contributed by atoms with E-state index in [2.05, 4.69) is 20.3 Å². The predicted octanol–water partition coefficient (Wildman–Crippen LogP) is 2.40. The molecule has 12 heavy (non-hydrogen) atoms. The molecule has 0 aromatic rings. The second kappa shape index (κ2) is 2.73. The maximum Gasteiger partial charge on any atom is 0.0726 e. The Morgan fingerprint density at radius 2 is 1.75 bits per heavy atom. The Morgan fingerprint density at radius 3 is 2.08 bits per heavy atom. The average molecular weight is 167 g/mol. The lowest BCUT2D eigenvalue weighted by molar-refractivity contribution is -0.0865. The fourth-order valence-electron chi connectivity index (χ4n) is 3.25. The van der Waals surface area contributed by atoms with Crippen molar-refractivity contribution in [3.8, 4) is 0 Å². The summed E-state index contributed by atoms with van der Waals surface area (Å²) in [5.41, 5.74) is -0.325. The summed E-state index contributed by atoms with van der Waals surface area (Å²) in [6, 6.07) is 0. The molecule has 1 radical (unpaired) electrons. The van der Waals surface area contributed by atoms with Gasteiger partial charge in [0.1, 0.15) is 0 Å². The molecule has 0 spiro atoms. The van der Waals surface area contributed by atoms with E-state index >= 15 is 0 Å². The zero-order chi connectivity index (χ0) is 8.77. The zero-order valence-corrected chi connectivity index (χ0v) is 8.09. The van der Waals surface area contributed by atoms with Crippen LogP contribution < -0.4 is 0 Å². The minimum Gasteiger partial charge on any atom is -0.389 e. The van der Waals surface area contributed by atoms with Crippen LogP contribution in [0.5, 0.6) is 0 Å². The van der Waals surface area contributed by atoms with Gasteiger partial charge >= 0.3 is 0 Å². The first-order valence-corrected chi connectivity index (χ1v) is 5.19. The highest BCUT2D eigenvalue weighted by Gasteiger charge is 2.52. The standard InChI is InChI=1S/C11H19O/c1-8(2)11(12)9-4-3-5-10(11)7-6-9/h3,8-10,12H,4-7H2,1-2H3. The van der Waals surface area contributed by atoms with Gasteiger partial charge in [0.25, 0.3) is 0 Å². The second-order valence-corrected chi connectivity index (χ2v) is 4.77. The number of aliphatic hydroxyl groups is 1. The van der Waals surface area contributed by atoms with Gasteiger partial charge in [0.2, 0.25) is 0 Å². The first-order valence-electron chi connectivity index (χ1n) is 5.19. The number of hydrogen-bond donors (Lipinski definition) is 1. The largest absolute Gasteiger partial charge is 0.389 e. The maximum atomic E-state index is 10.5. The van der Waals surface area contributed by atoms with E-state index in [0.717, 1.165) is 12.8 Å². The average Bonchev–Trinajstić information content (AvgIpc) is 2.24. The van der Waals surface area contributed by atoms with Gasteiger partial charge in [0, 0.05) is 0 Å². The first-order chi connectivity index (χ1) is 5.65. The number of hydrogen-bond acceptors (Lipinski definition) is 1. The SMILES string of the molecule is CC(C)C1(O)C2C[CH]CC1CC2. The number of rotatable bonds is 1. The normalized spacial score (nSPS) is 47.0. The molecule has 69 valence electrons. The van der Waals surface area contributed by atoms with Gasteiger partial charge in [-0.2, -0.15) is 0 Å². The maximum absolute atomic E-state index is 10.5. The molecule has 0 saturated heterocycles. The minimum atomic E-state index is -0.325. The topological polar surface area (TPSA) is 20.2 Å². The van der Waals surface area contributed by atoms with Crippen molar-refractivity contribution in [3.63, 3.8) is 0 Å². The van der Waals surface area contributed by atoms with E-state index in [0.29, 0.717) is 17.8 Å². The van der Waals surface area contributed by atoms with Crippen molar-refractivity contribution in [2.24, 2.45) is 17.8 Å². The van der Waals surface area contributed by atoms with Crippen molar-refractivity contribution in [1.29, 1.82) is 0 Å². The quantitative estimate of drug-likeness (QED) is 0.636. The van der Waals surface area contributed by atoms with Gasteiger partial charge in [-0.15, -0.1) is 0 Å². The van der Waals surface area contributed by atoms with Crippen LogP contribution in [0.3, 0.4) is 0 Å². The van der Waals surface area contributed by atoms with Gasteiger partial charge in [-0.25, -0.2) is 0 Å². The third-order valence-corrected chi connectivity index (χ3v) is 4.00. The summed E-state index contributed by atoms with van der Waals surface area (Å²) in [4.78, 5) is 0. The molecular formula is C11H19O. The van der Waals surface area contributed by atoms with E-state index < -0.39 is 0 Å². The van der Waals surface area contributed by atoms with E-state index in [9.17, 15) is 5.11 Å². The van der Waals surface area contributed by atoms with Crippen LogP contribution in [-0.2, 0) is 0 Å². The minimum absolute atomic E-state index is 0.325. The Kier molecular flexibility index (Phi) is 1.95. The van der Waals surface area contributed by atoms with Crippen LogP contribution in [0.4, 0.5) is 0 Å². The van der Waals surface area contributed by atoms with E-state index in [4.69, 9.17) is 0 Å². The molecule has 2 bridgehead atoms. The highest BCUT2D eigenvalue weighted by Crippen LogP contribution is 2.52. The van der Waals surface area contributed by atoms with Crippen LogP contribution in [0.15, 0.2) is 0 Å². The van der Waals surface area contributed by atoms with Crippen LogP contribution in [0, 0.1) is 24.2 Å². The Hall–Kier alpha value is -0.0400. The van der Waals surface area contributed by atoms with Gasteiger partial charge in [0.15, 0.2) is 0 Å². The molecule has 0 heterocycles. The van der Waals surface area contributed by atoms with Crippen LogP contribution in [0.1, 0.15) is 39.5 Å². The summed E-state index contributed by atoms with van der Waals surface area (Å²) in [7, 11) is 0. The molecular weight excluding hydrogens is 148 g/mol. The van der Waals surface area contributed by atoms with Crippen molar-refractivity contribution < 1.29 is 5.11 Å². The summed E-state index contributed by atoms with van der Waals surface area (Å²) in [6.07, 6.45) is 7.15. The summed E-state index contributed by atoms with van der Waals surface area (Å²) in [5, 5.41) is 10.5. The third-order valence-electron chi connectivity index (χ3n) is 4.00. The molecule has 2 aliphatic carbocycles. The molecule has 0 aliphatic heterocycles. The van der Waals surface area contributed by atoms with Gasteiger partial charge in [-0.3, -0.25) is 0 Å². The molecule has 1 N–H and O–H groups in total. The summed E-state index contributed by atoms with van der Waals surface area (Å²) >= 11 is 0. The molecule has 2 unspecified atom stereocenters. The Bertz CT molecular complexity index is 158. The summed E-state index contributed by atoms with van der Waals surface area (Å²) < 4.78 is 0. The molecule has 1 heteroatoms.